The summed E-state index contributed by atoms with van der Waals surface area (Å²) in [5.74, 6) is 1.48. The molecule has 0 fully saturated rings. The van der Waals surface area contributed by atoms with E-state index in [0.717, 1.165) is 0 Å². The molecule has 0 radical (unpaired) electrons. The van der Waals surface area contributed by atoms with Crippen molar-refractivity contribution in [3.63, 3.8) is 0 Å². The van der Waals surface area contributed by atoms with Crippen LogP contribution >= 0.6 is 0 Å². The molecular weight excluding hydrogens is 450 g/mol. The quantitative estimate of drug-likeness (QED) is 0.184. The number of nitriles is 1. The zero-order valence-corrected chi connectivity index (χ0v) is 20.1. The van der Waals surface area contributed by atoms with Gasteiger partial charge in [-0.1, -0.05) is 18.2 Å². The zero-order chi connectivity index (χ0) is 25.4. The number of allylic oxidation sites excluding steroid dienone is 1. The van der Waals surface area contributed by atoms with Crippen molar-refractivity contribution in [1.29, 1.82) is 5.26 Å². The Balaban J connectivity index is 1.92. The highest BCUT2D eigenvalue weighted by Gasteiger charge is 2.20. The molecule has 3 aromatic rings. The van der Waals surface area contributed by atoms with Crippen molar-refractivity contribution >= 4 is 17.6 Å². The third-order valence-corrected chi connectivity index (χ3v) is 5.12. The van der Waals surface area contributed by atoms with Crippen LogP contribution in [0, 0.1) is 11.3 Å². The first-order valence-electron chi connectivity index (χ1n) is 10.4. The fourth-order valence-electron chi connectivity index (χ4n) is 3.42. The SMILES string of the molecule is COc1cc(/C=C(/C#N)c2ccccc2OC)ccc1OC(=O)c1cc(OC)c(OC)c(OC)c1. The fraction of sp³-hybridized carbons (Fsp3) is 0.185. The van der Waals surface area contributed by atoms with Gasteiger partial charge < -0.3 is 28.4 Å². The average molecular weight is 475 g/mol. The molecule has 8 nitrogen and oxygen atoms in total. The molecule has 0 amide bonds. The van der Waals surface area contributed by atoms with E-state index >= 15 is 0 Å². The Bertz CT molecular complexity index is 1270. The van der Waals surface area contributed by atoms with E-state index in [9.17, 15) is 10.1 Å². The fourth-order valence-corrected chi connectivity index (χ4v) is 3.42. The highest BCUT2D eigenvalue weighted by Crippen LogP contribution is 2.39. The van der Waals surface area contributed by atoms with Crippen LogP contribution < -0.4 is 28.4 Å². The molecule has 3 aromatic carbocycles. The standard InChI is InChI=1S/C27H25NO7/c1-30-21-9-7-6-8-20(21)19(16-28)12-17-10-11-22(23(13-17)31-2)35-27(29)18-14-24(32-3)26(34-5)25(15-18)33-4/h6-15H,1-5H3/b19-12-. The molecule has 0 aliphatic rings. The van der Waals surface area contributed by atoms with Crippen LogP contribution in [0.25, 0.3) is 11.6 Å². The first-order chi connectivity index (χ1) is 17.0. The van der Waals surface area contributed by atoms with Crippen LogP contribution in [0.15, 0.2) is 54.6 Å². The van der Waals surface area contributed by atoms with Gasteiger partial charge in [-0.25, -0.2) is 4.79 Å². The maximum Gasteiger partial charge on any atom is 0.343 e. The normalized spacial score (nSPS) is 10.7. The second-order valence-corrected chi connectivity index (χ2v) is 7.08. The number of hydrogen-bond donors (Lipinski definition) is 0. The Kier molecular flexibility index (Phi) is 8.20. The summed E-state index contributed by atoms with van der Waals surface area (Å²) >= 11 is 0. The predicted molar refractivity (Wildman–Crippen MR) is 131 cm³/mol. The van der Waals surface area contributed by atoms with Crippen molar-refractivity contribution in [1.82, 2.24) is 0 Å². The Morgan fingerprint density at radius 2 is 1.37 bits per heavy atom. The van der Waals surface area contributed by atoms with Gasteiger partial charge >= 0.3 is 5.97 Å². The van der Waals surface area contributed by atoms with Crippen LogP contribution in [-0.2, 0) is 0 Å². The van der Waals surface area contributed by atoms with Crippen LogP contribution in [0.2, 0.25) is 0 Å². The van der Waals surface area contributed by atoms with Crippen molar-refractivity contribution in [2.45, 2.75) is 0 Å². The van der Waals surface area contributed by atoms with Gasteiger partial charge in [-0.2, -0.15) is 5.26 Å². The number of carbonyl (C=O) groups is 1. The van der Waals surface area contributed by atoms with Gasteiger partial charge in [-0.3, -0.25) is 0 Å². The molecule has 0 bridgehead atoms. The van der Waals surface area contributed by atoms with Crippen molar-refractivity contribution in [3.8, 4) is 40.6 Å². The highest BCUT2D eigenvalue weighted by molar-refractivity contribution is 5.94. The lowest BCUT2D eigenvalue weighted by molar-refractivity contribution is 0.0728. The van der Waals surface area contributed by atoms with Gasteiger partial charge in [0.1, 0.15) is 5.75 Å². The second-order valence-electron chi connectivity index (χ2n) is 7.08. The molecule has 0 saturated heterocycles. The number of para-hydroxylation sites is 1. The van der Waals surface area contributed by atoms with Crippen LogP contribution in [0.4, 0.5) is 0 Å². The van der Waals surface area contributed by atoms with Gasteiger partial charge in [0.2, 0.25) is 5.75 Å². The number of esters is 1. The van der Waals surface area contributed by atoms with Crippen LogP contribution in [-0.4, -0.2) is 41.5 Å². The number of benzene rings is 3. The minimum atomic E-state index is -0.641. The Labute approximate surface area is 203 Å². The summed E-state index contributed by atoms with van der Waals surface area (Å²) < 4.78 is 32.3. The van der Waals surface area contributed by atoms with Gasteiger partial charge in [0.25, 0.3) is 0 Å². The number of carbonyl (C=O) groups excluding carboxylic acids is 1. The van der Waals surface area contributed by atoms with E-state index in [1.165, 1.54) is 40.6 Å². The summed E-state index contributed by atoms with van der Waals surface area (Å²) in [5, 5.41) is 9.71. The van der Waals surface area contributed by atoms with E-state index in [1.54, 1.807) is 43.5 Å². The van der Waals surface area contributed by atoms with E-state index in [0.29, 0.717) is 45.4 Å². The third-order valence-electron chi connectivity index (χ3n) is 5.12. The monoisotopic (exact) mass is 475 g/mol. The number of ether oxygens (including phenoxy) is 6. The molecule has 0 unspecified atom stereocenters. The molecule has 180 valence electrons. The molecule has 0 aromatic heterocycles. The molecule has 0 saturated carbocycles. The van der Waals surface area contributed by atoms with E-state index in [4.69, 9.17) is 28.4 Å². The lowest BCUT2D eigenvalue weighted by Gasteiger charge is -2.14. The first kappa shape index (κ1) is 25.0. The summed E-state index contributed by atoms with van der Waals surface area (Å²) in [4.78, 5) is 12.9. The summed E-state index contributed by atoms with van der Waals surface area (Å²) in [6.45, 7) is 0. The molecule has 0 aliphatic heterocycles. The van der Waals surface area contributed by atoms with Crippen molar-refractivity contribution < 1.29 is 33.2 Å². The largest absolute Gasteiger partial charge is 0.496 e. The summed E-state index contributed by atoms with van der Waals surface area (Å²) in [6.07, 6.45) is 1.70. The number of nitrogens with zero attached hydrogens (tertiary/aromatic N) is 1. The van der Waals surface area contributed by atoms with E-state index in [-0.39, 0.29) is 11.3 Å². The molecule has 35 heavy (non-hydrogen) atoms. The lowest BCUT2D eigenvalue weighted by atomic mass is 10.0. The molecule has 0 spiro atoms. The predicted octanol–water partition coefficient (Wildman–Crippen LogP) is 5.01. The molecule has 8 heteroatoms. The lowest BCUT2D eigenvalue weighted by Crippen LogP contribution is -2.10. The van der Waals surface area contributed by atoms with Gasteiger partial charge in [-0.15, -0.1) is 0 Å². The van der Waals surface area contributed by atoms with Gasteiger partial charge in [0.15, 0.2) is 23.0 Å². The van der Waals surface area contributed by atoms with Gasteiger partial charge in [0, 0.05) is 5.56 Å². The van der Waals surface area contributed by atoms with Crippen molar-refractivity contribution in [2.24, 2.45) is 0 Å². The van der Waals surface area contributed by atoms with Crippen molar-refractivity contribution in [2.75, 3.05) is 35.5 Å². The third kappa shape index (κ3) is 5.47. The maximum atomic E-state index is 12.9. The molecule has 0 heterocycles. The second kappa shape index (κ2) is 11.5. The molecular formula is C27H25NO7. The van der Waals surface area contributed by atoms with E-state index in [2.05, 4.69) is 6.07 Å². The number of hydrogen-bond acceptors (Lipinski definition) is 8. The maximum absolute atomic E-state index is 12.9. The first-order valence-corrected chi connectivity index (χ1v) is 10.4. The summed E-state index contributed by atoms with van der Waals surface area (Å²) in [5.41, 5.74) is 1.95. The molecule has 0 N–H and O–H groups in total. The highest BCUT2D eigenvalue weighted by atomic mass is 16.6. The summed E-state index contributed by atoms with van der Waals surface area (Å²) in [7, 11) is 7.41. The smallest absolute Gasteiger partial charge is 0.343 e. The minimum absolute atomic E-state index is 0.202. The van der Waals surface area contributed by atoms with Crippen LogP contribution in [0.1, 0.15) is 21.5 Å². The van der Waals surface area contributed by atoms with Crippen LogP contribution in [0.3, 0.4) is 0 Å². The number of methoxy groups -OCH3 is 5. The van der Waals surface area contributed by atoms with Crippen LogP contribution in [0.5, 0.6) is 34.5 Å². The van der Waals surface area contributed by atoms with Gasteiger partial charge in [0.05, 0.1) is 52.8 Å². The average Bonchev–Trinajstić information content (AvgIpc) is 2.91. The topological polar surface area (TPSA) is 96.2 Å². The summed E-state index contributed by atoms with van der Waals surface area (Å²) in [6, 6.07) is 17.4. The van der Waals surface area contributed by atoms with E-state index < -0.39 is 5.97 Å². The minimum Gasteiger partial charge on any atom is -0.496 e. The Morgan fingerprint density at radius 3 is 1.94 bits per heavy atom. The molecule has 0 aliphatic carbocycles. The Morgan fingerprint density at radius 1 is 0.743 bits per heavy atom. The zero-order valence-electron chi connectivity index (χ0n) is 20.1. The van der Waals surface area contributed by atoms with Crippen molar-refractivity contribution in [3.05, 3.63) is 71.3 Å². The van der Waals surface area contributed by atoms with E-state index in [1.807, 2.05) is 12.1 Å². The molecule has 3 rings (SSSR count). The molecule has 0 atom stereocenters. The van der Waals surface area contributed by atoms with Gasteiger partial charge in [-0.05, 0) is 48.0 Å². The Hall–Kier alpha value is -4.64. The number of rotatable bonds is 9.